The number of thiazole rings is 1. The number of nitrogens with zero attached hydrogens (tertiary/aromatic N) is 3. The molecule has 178 valence electrons. The molecule has 2 heterocycles. The van der Waals surface area contributed by atoms with Crippen molar-refractivity contribution in [3.8, 4) is 22.2 Å². The van der Waals surface area contributed by atoms with Crippen LogP contribution in [0, 0.1) is 6.92 Å². The van der Waals surface area contributed by atoms with Gasteiger partial charge in [0, 0.05) is 10.6 Å². The summed E-state index contributed by atoms with van der Waals surface area (Å²) in [6, 6.07) is 7.47. The summed E-state index contributed by atoms with van der Waals surface area (Å²) in [5.74, 6) is 1.12. The highest BCUT2D eigenvalue weighted by molar-refractivity contribution is 7.21. The van der Waals surface area contributed by atoms with E-state index in [4.69, 9.17) is 30.8 Å². The Balaban J connectivity index is 1.55. The molecule has 10 heteroatoms. The van der Waals surface area contributed by atoms with Crippen molar-refractivity contribution < 1.29 is 19.0 Å². The van der Waals surface area contributed by atoms with Crippen LogP contribution >= 0.6 is 22.9 Å². The molecule has 0 saturated heterocycles. The molecule has 0 saturated carbocycles. The zero-order valence-corrected chi connectivity index (χ0v) is 21.1. The first kappa shape index (κ1) is 24.0. The number of ether oxygens (including phenoxy) is 3. The molecule has 0 aliphatic heterocycles. The number of amides is 1. The van der Waals surface area contributed by atoms with E-state index in [0.717, 1.165) is 26.4 Å². The van der Waals surface area contributed by atoms with E-state index >= 15 is 0 Å². The summed E-state index contributed by atoms with van der Waals surface area (Å²) < 4.78 is 17.2. The molecule has 0 aliphatic rings. The fraction of sp³-hybridized carbons (Fsp3) is 0.333. The van der Waals surface area contributed by atoms with Crippen LogP contribution in [-0.4, -0.2) is 46.9 Å². The number of rotatable bonds is 6. The van der Waals surface area contributed by atoms with E-state index in [9.17, 15) is 4.79 Å². The van der Waals surface area contributed by atoms with Crippen LogP contribution < -0.4 is 14.8 Å². The summed E-state index contributed by atoms with van der Waals surface area (Å²) in [5.41, 5.74) is 3.47. The molecule has 0 unspecified atom stereocenters. The Hall–Kier alpha value is -3.17. The van der Waals surface area contributed by atoms with Gasteiger partial charge in [-0.25, -0.2) is 19.7 Å². The molecular formula is C24H25ClN4O4S. The highest BCUT2D eigenvalue weighted by atomic mass is 35.5. The third-order valence-electron chi connectivity index (χ3n) is 4.73. The lowest BCUT2D eigenvalue weighted by molar-refractivity contribution is 0.0520. The molecule has 4 rings (SSSR count). The molecule has 34 heavy (non-hydrogen) atoms. The van der Waals surface area contributed by atoms with Gasteiger partial charge in [0.15, 0.2) is 0 Å². The maximum atomic E-state index is 11.8. The van der Waals surface area contributed by atoms with Crippen LogP contribution in [0.1, 0.15) is 26.3 Å². The first-order chi connectivity index (χ1) is 16.1. The van der Waals surface area contributed by atoms with E-state index in [2.05, 4.69) is 15.3 Å². The highest BCUT2D eigenvalue weighted by Gasteiger charge is 2.17. The molecule has 0 bridgehead atoms. The maximum Gasteiger partial charge on any atom is 0.407 e. The minimum absolute atomic E-state index is 0.312. The average Bonchev–Trinajstić information content (AvgIpc) is 3.19. The summed E-state index contributed by atoms with van der Waals surface area (Å²) in [7, 11) is 1.55. The van der Waals surface area contributed by atoms with Gasteiger partial charge in [0.2, 0.25) is 5.88 Å². The molecule has 2 aromatic heterocycles. The summed E-state index contributed by atoms with van der Waals surface area (Å²) in [6.45, 7) is 8.08. The number of nitrogens with one attached hydrogen (secondary N) is 1. The maximum absolute atomic E-state index is 11.8. The lowest BCUT2D eigenvalue weighted by Gasteiger charge is -2.19. The first-order valence-corrected chi connectivity index (χ1v) is 11.8. The second-order valence-electron chi connectivity index (χ2n) is 8.62. The minimum Gasteiger partial charge on any atom is -0.492 e. The molecule has 1 N–H and O–H groups in total. The number of hydrogen-bond donors (Lipinski definition) is 1. The lowest BCUT2D eigenvalue weighted by atomic mass is 10.1. The molecule has 4 aromatic rings. The number of carbonyl (C=O) groups excluding carboxylic acids is 1. The number of hydrogen-bond acceptors (Lipinski definition) is 8. The second kappa shape index (κ2) is 9.60. The SMILES string of the molecule is COc1cnc2c(-c3nc4c(C)cc(OCCNC(=O)OC(C)(C)C)cc4s3)cc(Cl)cc2n1. The zero-order valence-electron chi connectivity index (χ0n) is 19.6. The number of fused-ring (bicyclic) bond motifs is 2. The van der Waals surface area contributed by atoms with E-state index in [1.165, 1.54) is 11.3 Å². The predicted molar refractivity (Wildman–Crippen MR) is 134 cm³/mol. The highest BCUT2D eigenvalue weighted by Crippen LogP contribution is 2.38. The molecule has 0 spiro atoms. The van der Waals surface area contributed by atoms with Crippen molar-refractivity contribution >= 4 is 50.3 Å². The van der Waals surface area contributed by atoms with Crippen LogP contribution in [0.25, 0.3) is 31.8 Å². The monoisotopic (exact) mass is 500 g/mol. The summed E-state index contributed by atoms with van der Waals surface area (Å²) >= 11 is 7.89. The van der Waals surface area contributed by atoms with Gasteiger partial charge in [0.05, 0.1) is 41.1 Å². The average molecular weight is 501 g/mol. The molecule has 0 radical (unpaired) electrons. The van der Waals surface area contributed by atoms with Crippen LogP contribution in [0.3, 0.4) is 0 Å². The Kier molecular flexibility index (Phi) is 6.77. The summed E-state index contributed by atoms with van der Waals surface area (Å²) in [5, 5.41) is 4.02. The number of aromatic nitrogens is 3. The standard InChI is InChI=1S/C24H25ClN4O4S/c1-13-8-15(32-7-6-26-23(30)33-24(2,3)4)11-18-20(13)29-22(34-18)16-9-14(25)10-17-21(16)27-12-19(28-17)31-5/h8-12H,6-7H2,1-5H3,(H,26,30). The van der Waals surface area contributed by atoms with Gasteiger partial charge in [0.1, 0.15) is 23.0 Å². The van der Waals surface area contributed by atoms with Gasteiger partial charge in [-0.2, -0.15) is 0 Å². The van der Waals surface area contributed by atoms with E-state index in [-0.39, 0.29) is 0 Å². The number of carbonyl (C=O) groups is 1. The van der Waals surface area contributed by atoms with E-state index in [1.54, 1.807) is 19.4 Å². The summed E-state index contributed by atoms with van der Waals surface area (Å²) in [6.07, 6.45) is 1.11. The van der Waals surface area contributed by atoms with Gasteiger partial charge in [-0.15, -0.1) is 11.3 Å². The first-order valence-electron chi connectivity index (χ1n) is 10.6. The smallest absolute Gasteiger partial charge is 0.407 e. The van der Waals surface area contributed by atoms with Gasteiger partial charge in [-0.05, 0) is 57.5 Å². The van der Waals surface area contributed by atoms with E-state index < -0.39 is 11.7 Å². The van der Waals surface area contributed by atoms with Crippen molar-refractivity contribution in [2.75, 3.05) is 20.3 Å². The zero-order chi connectivity index (χ0) is 24.5. The topological polar surface area (TPSA) is 95.5 Å². The number of benzene rings is 2. The van der Waals surface area contributed by atoms with Crippen molar-refractivity contribution in [2.24, 2.45) is 0 Å². The molecular weight excluding hydrogens is 476 g/mol. The van der Waals surface area contributed by atoms with Crippen molar-refractivity contribution in [1.82, 2.24) is 20.3 Å². The van der Waals surface area contributed by atoms with Gasteiger partial charge < -0.3 is 19.5 Å². The van der Waals surface area contributed by atoms with Crippen molar-refractivity contribution in [3.05, 3.63) is 41.0 Å². The van der Waals surface area contributed by atoms with Crippen LogP contribution in [0.4, 0.5) is 4.79 Å². The Morgan fingerprint density at radius 2 is 1.94 bits per heavy atom. The fourth-order valence-corrected chi connectivity index (χ4v) is 4.64. The lowest BCUT2D eigenvalue weighted by Crippen LogP contribution is -2.34. The molecule has 0 atom stereocenters. The fourth-order valence-electron chi connectivity index (χ4n) is 3.33. The Bertz CT molecular complexity index is 1370. The van der Waals surface area contributed by atoms with Gasteiger partial charge in [0.25, 0.3) is 0 Å². The normalized spacial score (nSPS) is 11.6. The third kappa shape index (κ3) is 5.48. The number of methoxy groups -OCH3 is 1. The quantitative estimate of drug-likeness (QED) is 0.335. The third-order valence-corrected chi connectivity index (χ3v) is 5.98. The van der Waals surface area contributed by atoms with Crippen molar-refractivity contribution in [3.63, 3.8) is 0 Å². The van der Waals surface area contributed by atoms with Gasteiger partial charge >= 0.3 is 6.09 Å². The molecule has 0 aliphatic carbocycles. The van der Waals surface area contributed by atoms with Gasteiger partial charge in [-0.1, -0.05) is 11.6 Å². The Morgan fingerprint density at radius 1 is 1.15 bits per heavy atom. The van der Waals surface area contributed by atoms with Crippen LogP contribution in [-0.2, 0) is 4.74 Å². The number of alkyl carbamates (subject to hydrolysis) is 1. The van der Waals surface area contributed by atoms with E-state index in [0.29, 0.717) is 40.8 Å². The molecule has 2 aromatic carbocycles. The Morgan fingerprint density at radius 3 is 2.68 bits per heavy atom. The van der Waals surface area contributed by atoms with Gasteiger partial charge in [-0.3, -0.25) is 0 Å². The number of aryl methyl sites for hydroxylation is 1. The minimum atomic E-state index is -0.539. The van der Waals surface area contributed by atoms with Crippen molar-refractivity contribution in [2.45, 2.75) is 33.3 Å². The predicted octanol–water partition coefficient (Wildman–Crippen LogP) is 5.78. The van der Waals surface area contributed by atoms with Crippen molar-refractivity contribution in [1.29, 1.82) is 0 Å². The van der Waals surface area contributed by atoms with Crippen LogP contribution in [0.15, 0.2) is 30.5 Å². The molecule has 0 fully saturated rings. The number of halogens is 1. The largest absolute Gasteiger partial charge is 0.492 e. The second-order valence-corrected chi connectivity index (χ2v) is 10.1. The summed E-state index contributed by atoms with van der Waals surface area (Å²) in [4.78, 5) is 25.6. The molecule has 8 nitrogen and oxygen atoms in total. The Labute approximate surface area is 206 Å². The van der Waals surface area contributed by atoms with E-state index in [1.807, 2.05) is 45.9 Å². The van der Waals surface area contributed by atoms with Crippen LogP contribution in [0.2, 0.25) is 5.02 Å². The molecule has 1 amide bonds. The van der Waals surface area contributed by atoms with Crippen LogP contribution in [0.5, 0.6) is 11.6 Å².